The number of hydrogen-bond acceptors (Lipinski definition) is 4. The maximum Gasteiger partial charge on any atom is 0.243 e. The minimum atomic E-state index is -0.936. The highest BCUT2D eigenvalue weighted by Crippen LogP contribution is 2.18. The number of carbonyl (C=O) groups excluding carboxylic acids is 4. The smallest absolute Gasteiger partial charge is 0.243 e. The van der Waals surface area contributed by atoms with E-state index in [-0.39, 0.29) is 37.0 Å². The molecule has 0 heterocycles. The van der Waals surface area contributed by atoms with Crippen LogP contribution in [0.15, 0.2) is 72.8 Å². The van der Waals surface area contributed by atoms with Gasteiger partial charge in [-0.05, 0) is 41.7 Å². The SMILES string of the molecule is CNC(=O)CC[C@H](NC(=O)CCc1ccccc1)C(=O)N[C@@H](C)C(=O)NCc1cccc2ccccc12. The third kappa shape index (κ3) is 8.45. The molecule has 0 radical (unpaired) electrons. The van der Waals surface area contributed by atoms with Crippen LogP contribution in [-0.2, 0) is 32.1 Å². The normalized spacial score (nSPS) is 12.3. The third-order valence-electron chi connectivity index (χ3n) is 6.16. The van der Waals surface area contributed by atoms with Gasteiger partial charge in [0.2, 0.25) is 23.6 Å². The quantitative estimate of drug-likeness (QED) is 0.305. The molecule has 0 aliphatic rings. The third-order valence-corrected chi connectivity index (χ3v) is 6.16. The second-order valence-electron chi connectivity index (χ2n) is 8.90. The molecule has 0 fully saturated rings. The maximum absolute atomic E-state index is 13.0. The summed E-state index contributed by atoms with van der Waals surface area (Å²) in [7, 11) is 1.51. The summed E-state index contributed by atoms with van der Waals surface area (Å²) in [6.45, 7) is 1.90. The van der Waals surface area contributed by atoms with Crippen molar-refractivity contribution in [2.75, 3.05) is 7.05 Å². The number of benzene rings is 3. The molecule has 3 aromatic carbocycles. The molecule has 37 heavy (non-hydrogen) atoms. The summed E-state index contributed by atoms with van der Waals surface area (Å²) in [4.78, 5) is 50.0. The van der Waals surface area contributed by atoms with Crippen LogP contribution in [0.2, 0.25) is 0 Å². The Morgan fingerprint density at radius 1 is 0.757 bits per heavy atom. The van der Waals surface area contributed by atoms with E-state index < -0.39 is 18.0 Å². The van der Waals surface area contributed by atoms with Crippen molar-refractivity contribution in [1.82, 2.24) is 21.3 Å². The van der Waals surface area contributed by atoms with Crippen LogP contribution in [-0.4, -0.2) is 42.8 Å². The predicted octanol–water partition coefficient (Wildman–Crippen LogP) is 2.60. The summed E-state index contributed by atoms with van der Waals surface area (Å²) < 4.78 is 0. The molecular formula is C29H34N4O4. The van der Waals surface area contributed by atoms with E-state index in [0.717, 1.165) is 21.9 Å². The number of amides is 4. The molecule has 3 aromatic rings. The van der Waals surface area contributed by atoms with Crippen molar-refractivity contribution in [3.63, 3.8) is 0 Å². The molecule has 0 aromatic heterocycles. The van der Waals surface area contributed by atoms with Gasteiger partial charge in [0.05, 0.1) is 0 Å². The van der Waals surface area contributed by atoms with Gasteiger partial charge in [-0.15, -0.1) is 0 Å². The fourth-order valence-electron chi connectivity index (χ4n) is 4.00. The molecule has 0 aliphatic carbocycles. The van der Waals surface area contributed by atoms with Gasteiger partial charge in [-0.2, -0.15) is 0 Å². The number of carbonyl (C=O) groups is 4. The first-order valence-electron chi connectivity index (χ1n) is 12.5. The first kappa shape index (κ1) is 27.4. The summed E-state index contributed by atoms with van der Waals surface area (Å²) >= 11 is 0. The molecule has 4 amide bonds. The molecule has 0 bridgehead atoms. The molecule has 194 valence electrons. The maximum atomic E-state index is 13.0. The zero-order chi connectivity index (χ0) is 26.6. The van der Waals surface area contributed by atoms with E-state index in [0.29, 0.717) is 13.0 Å². The van der Waals surface area contributed by atoms with Gasteiger partial charge < -0.3 is 21.3 Å². The molecule has 2 atom stereocenters. The van der Waals surface area contributed by atoms with E-state index in [9.17, 15) is 19.2 Å². The average Bonchev–Trinajstić information content (AvgIpc) is 2.92. The number of rotatable bonds is 12. The van der Waals surface area contributed by atoms with Crippen LogP contribution >= 0.6 is 0 Å². The lowest BCUT2D eigenvalue weighted by molar-refractivity contribution is -0.132. The lowest BCUT2D eigenvalue weighted by Gasteiger charge is -2.21. The predicted molar refractivity (Wildman–Crippen MR) is 143 cm³/mol. The lowest BCUT2D eigenvalue weighted by atomic mass is 10.0. The highest BCUT2D eigenvalue weighted by molar-refractivity contribution is 5.92. The van der Waals surface area contributed by atoms with Crippen molar-refractivity contribution < 1.29 is 19.2 Å². The van der Waals surface area contributed by atoms with Gasteiger partial charge in [0.1, 0.15) is 12.1 Å². The second kappa shape index (κ2) is 13.8. The van der Waals surface area contributed by atoms with Gasteiger partial charge in [0.25, 0.3) is 0 Å². The van der Waals surface area contributed by atoms with E-state index in [1.165, 1.54) is 7.05 Å². The Labute approximate surface area is 217 Å². The number of fused-ring (bicyclic) bond motifs is 1. The Morgan fingerprint density at radius 3 is 2.22 bits per heavy atom. The fourth-order valence-corrected chi connectivity index (χ4v) is 4.00. The molecule has 0 spiro atoms. The van der Waals surface area contributed by atoms with E-state index in [4.69, 9.17) is 0 Å². The first-order valence-corrected chi connectivity index (χ1v) is 12.5. The van der Waals surface area contributed by atoms with Crippen LogP contribution in [0.25, 0.3) is 10.8 Å². The van der Waals surface area contributed by atoms with E-state index >= 15 is 0 Å². The first-order chi connectivity index (χ1) is 17.9. The van der Waals surface area contributed by atoms with Gasteiger partial charge in [-0.1, -0.05) is 72.8 Å². The molecular weight excluding hydrogens is 468 g/mol. The van der Waals surface area contributed by atoms with Crippen LogP contribution in [0.4, 0.5) is 0 Å². The Balaban J connectivity index is 1.56. The monoisotopic (exact) mass is 502 g/mol. The summed E-state index contributed by atoms with van der Waals surface area (Å²) in [6.07, 6.45) is 0.917. The van der Waals surface area contributed by atoms with Gasteiger partial charge in [-0.3, -0.25) is 19.2 Å². The molecule has 8 heteroatoms. The fraction of sp³-hybridized carbons (Fsp3) is 0.310. The Kier molecular flexibility index (Phi) is 10.2. The van der Waals surface area contributed by atoms with Crippen molar-refractivity contribution in [1.29, 1.82) is 0 Å². The van der Waals surface area contributed by atoms with Gasteiger partial charge in [0.15, 0.2) is 0 Å². The number of nitrogens with one attached hydrogen (secondary N) is 4. The van der Waals surface area contributed by atoms with E-state index in [1.54, 1.807) is 6.92 Å². The van der Waals surface area contributed by atoms with Crippen molar-refractivity contribution >= 4 is 34.4 Å². The molecule has 0 saturated carbocycles. The van der Waals surface area contributed by atoms with Crippen molar-refractivity contribution in [3.8, 4) is 0 Å². The topological polar surface area (TPSA) is 116 Å². The Bertz CT molecular complexity index is 1220. The van der Waals surface area contributed by atoms with E-state index in [2.05, 4.69) is 21.3 Å². The molecule has 8 nitrogen and oxygen atoms in total. The Morgan fingerprint density at radius 2 is 1.46 bits per heavy atom. The van der Waals surface area contributed by atoms with Gasteiger partial charge >= 0.3 is 0 Å². The van der Waals surface area contributed by atoms with Crippen LogP contribution in [0.5, 0.6) is 0 Å². The highest BCUT2D eigenvalue weighted by atomic mass is 16.2. The van der Waals surface area contributed by atoms with E-state index in [1.807, 2.05) is 72.8 Å². The number of hydrogen-bond donors (Lipinski definition) is 4. The zero-order valence-corrected chi connectivity index (χ0v) is 21.3. The van der Waals surface area contributed by atoms with Crippen LogP contribution in [0.1, 0.15) is 37.3 Å². The Hall–Kier alpha value is -4.20. The van der Waals surface area contributed by atoms with Crippen LogP contribution < -0.4 is 21.3 Å². The van der Waals surface area contributed by atoms with Crippen molar-refractivity contribution in [2.45, 2.75) is 51.2 Å². The average molecular weight is 503 g/mol. The minimum Gasteiger partial charge on any atom is -0.359 e. The summed E-state index contributed by atoms with van der Waals surface area (Å²) in [6, 6.07) is 21.6. The van der Waals surface area contributed by atoms with Crippen molar-refractivity contribution in [2.24, 2.45) is 0 Å². The van der Waals surface area contributed by atoms with Crippen LogP contribution in [0.3, 0.4) is 0 Å². The summed E-state index contributed by atoms with van der Waals surface area (Å²) in [5, 5.41) is 12.9. The van der Waals surface area contributed by atoms with Crippen molar-refractivity contribution in [3.05, 3.63) is 83.9 Å². The summed E-state index contributed by atoms with van der Waals surface area (Å²) in [5.74, 6) is -1.39. The lowest BCUT2D eigenvalue weighted by Crippen LogP contribution is -2.52. The molecule has 0 unspecified atom stereocenters. The van der Waals surface area contributed by atoms with Crippen LogP contribution in [0, 0.1) is 0 Å². The molecule has 0 aliphatic heterocycles. The standard InChI is InChI=1S/C29H34N4O4/c1-20(28(36)31-19-23-13-8-12-22-11-6-7-14-24(22)23)32-29(37)25(16-18-26(34)30-2)33-27(35)17-15-21-9-4-3-5-10-21/h3-14,20,25H,15-19H2,1-2H3,(H,30,34)(H,31,36)(H,32,37)(H,33,35)/t20-,25-/m0/s1. The molecule has 3 rings (SSSR count). The minimum absolute atomic E-state index is 0.0647. The molecule has 4 N–H and O–H groups in total. The zero-order valence-electron chi connectivity index (χ0n) is 21.3. The number of aryl methyl sites for hydroxylation is 1. The highest BCUT2D eigenvalue weighted by Gasteiger charge is 2.25. The van der Waals surface area contributed by atoms with Gasteiger partial charge in [0, 0.05) is 26.4 Å². The second-order valence-corrected chi connectivity index (χ2v) is 8.90. The largest absolute Gasteiger partial charge is 0.359 e. The van der Waals surface area contributed by atoms with Gasteiger partial charge in [-0.25, -0.2) is 0 Å². The molecule has 0 saturated heterocycles. The summed E-state index contributed by atoms with van der Waals surface area (Å²) in [5.41, 5.74) is 1.99.